The van der Waals surface area contributed by atoms with Crippen LogP contribution in [0, 0.1) is 6.92 Å². The van der Waals surface area contributed by atoms with E-state index in [1.54, 1.807) is 22.7 Å². The standard InChI is InChI=1S/C21H16BrN3OS2/c1-12-7-8-19(27-12)17-11-15(14-5-3-4-6-16(14)23-17)21(26)25-24-13(2)18-9-10-20(22)28-18/h3-11H,1-2H3,(H,25,26)/b24-13+. The molecular weight excluding hydrogens is 454 g/mol. The highest BCUT2D eigenvalue weighted by Crippen LogP contribution is 2.30. The van der Waals surface area contributed by atoms with Crippen LogP contribution in [0.1, 0.15) is 27.0 Å². The van der Waals surface area contributed by atoms with Gasteiger partial charge in [-0.25, -0.2) is 10.4 Å². The minimum absolute atomic E-state index is 0.247. The molecule has 1 aromatic carbocycles. The summed E-state index contributed by atoms with van der Waals surface area (Å²) in [5.74, 6) is -0.247. The summed E-state index contributed by atoms with van der Waals surface area (Å²) in [4.78, 5) is 20.9. The number of amides is 1. The van der Waals surface area contributed by atoms with E-state index in [-0.39, 0.29) is 5.91 Å². The van der Waals surface area contributed by atoms with Crippen molar-refractivity contribution < 1.29 is 4.79 Å². The largest absolute Gasteiger partial charge is 0.272 e. The van der Waals surface area contributed by atoms with Crippen molar-refractivity contribution in [3.8, 4) is 10.6 Å². The summed E-state index contributed by atoms with van der Waals surface area (Å²) in [6.45, 7) is 3.94. The molecular formula is C21H16BrN3OS2. The first kappa shape index (κ1) is 19.0. The molecule has 0 radical (unpaired) electrons. The number of hydrazone groups is 1. The summed E-state index contributed by atoms with van der Waals surface area (Å²) >= 11 is 6.68. The molecule has 1 amide bonds. The summed E-state index contributed by atoms with van der Waals surface area (Å²) in [5, 5.41) is 5.10. The quantitative estimate of drug-likeness (QED) is 0.283. The molecule has 3 aromatic heterocycles. The van der Waals surface area contributed by atoms with Crippen LogP contribution in [0.3, 0.4) is 0 Å². The molecule has 1 N–H and O–H groups in total. The first-order chi connectivity index (χ1) is 13.5. The van der Waals surface area contributed by atoms with E-state index in [4.69, 9.17) is 4.98 Å². The number of aromatic nitrogens is 1. The fraction of sp³-hybridized carbons (Fsp3) is 0.0952. The smallest absolute Gasteiger partial charge is 0.267 e. The Labute approximate surface area is 179 Å². The Hall–Kier alpha value is -2.35. The molecule has 0 bridgehead atoms. The number of halogens is 1. The molecule has 0 aliphatic carbocycles. The van der Waals surface area contributed by atoms with Crippen molar-refractivity contribution in [3.63, 3.8) is 0 Å². The molecule has 0 saturated carbocycles. The maximum Gasteiger partial charge on any atom is 0.272 e. The van der Waals surface area contributed by atoms with Crippen molar-refractivity contribution in [2.45, 2.75) is 13.8 Å². The second kappa shape index (κ2) is 7.95. The van der Waals surface area contributed by atoms with Crippen LogP contribution in [-0.4, -0.2) is 16.6 Å². The predicted molar refractivity (Wildman–Crippen MR) is 121 cm³/mol. The fourth-order valence-electron chi connectivity index (χ4n) is 2.82. The minimum Gasteiger partial charge on any atom is -0.267 e. The molecule has 0 spiro atoms. The number of carbonyl (C=O) groups is 1. The number of hydrogen-bond donors (Lipinski definition) is 1. The van der Waals surface area contributed by atoms with Crippen LogP contribution in [0.25, 0.3) is 21.5 Å². The van der Waals surface area contributed by atoms with Crippen LogP contribution >= 0.6 is 38.6 Å². The van der Waals surface area contributed by atoms with Crippen LogP contribution in [0.4, 0.5) is 0 Å². The van der Waals surface area contributed by atoms with Gasteiger partial charge in [-0.2, -0.15) is 5.10 Å². The third-order valence-corrected chi connectivity index (χ3v) is 6.96. The van der Waals surface area contributed by atoms with Crippen molar-refractivity contribution in [1.29, 1.82) is 0 Å². The number of rotatable bonds is 4. The first-order valence-electron chi connectivity index (χ1n) is 8.58. The van der Waals surface area contributed by atoms with E-state index in [1.807, 2.05) is 55.5 Å². The van der Waals surface area contributed by atoms with E-state index >= 15 is 0 Å². The number of carbonyl (C=O) groups excluding carboxylic acids is 1. The zero-order valence-electron chi connectivity index (χ0n) is 15.2. The number of pyridine rings is 1. The van der Waals surface area contributed by atoms with Gasteiger partial charge in [-0.3, -0.25) is 4.79 Å². The van der Waals surface area contributed by atoms with Gasteiger partial charge in [0.25, 0.3) is 5.91 Å². The number of hydrogen-bond acceptors (Lipinski definition) is 5. The van der Waals surface area contributed by atoms with E-state index in [0.717, 1.165) is 35.8 Å². The van der Waals surface area contributed by atoms with Gasteiger partial charge >= 0.3 is 0 Å². The molecule has 0 aliphatic heterocycles. The Kier molecular flexibility index (Phi) is 5.39. The van der Waals surface area contributed by atoms with Gasteiger partial charge < -0.3 is 0 Å². The van der Waals surface area contributed by atoms with Crippen molar-refractivity contribution in [2.75, 3.05) is 0 Å². The zero-order valence-corrected chi connectivity index (χ0v) is 18.4. The molecule has 0 saturated heterocycles. The van der Waals surface area contributed by atoms with Crippen LogP contribution in [0.5, 0.6) is 0 Å². The lowest BCUT2D eigenvalue weighted by atomic mass is 10.1. The van der Waals surface area contributed by atoms with E-state index in [0.29, 0.717) is 5.56 Å². The van der Waals surface area contributed by atoms with E-state index in [1.165, 1.54) is 4.88 Å². The van der Waals surface area contributed by atoms with Crippen LogP contribution < -0.4 is 5.43 Å². The molecule has 0 unspecified atom stereocenters. The number of para-hydroxylation sites is 1. The number of aryl methyl sites for hydroxylation is 1. The van der Waals surface area contributed by atoms with E-state index in [2.05, 4.69) is 39.4 Å². The summed E-state index contributed by atoms with van der Waals surface area (Å²) in [5.41, 5.74) is 5.61. The van der Waals surface area contributed by atoms with E-state index < -0.39 is 0 Å². The maximum atomic E-state index is 12.9. The molecule has 140 valence electrons. The summed E-state index contributed by atoms with van der Waals surface area (Å²) in [6.07, 6.45) is 0. The molecule has 4 rings (SSSR count). The van der Waals surface area contributed by atoms with Crippen molar-refractivity contribution in [3.05, 3.63) is 73.7 Å². The lowest BCUT2D eigenvalue weighted by Crippen LogP contribution is -2.19. The Morgan fingerprint density at radius 2 is 1.93 bits per heavy atom. The maximum absolute atomic E-state index is 12.9. The Morgan fingerprint density at radius 3 is 2.64 bits per heavy atom. The highest BCUT2D eigenvalue weighted by molar-refractivity contribution is 9.11. The number of nitrogens with zero attached hydrogens (tertiary/aromatic N) is 2. The first-order valence-corrected chi connectivity index (χ1v) is 11.0. The van der Waals surface area contributed by atoms with Gasteiger partial charge in [0.1, 0.15) is 0 Å². The van der Waals surface area contributed by atoms with Gasteiger partial charge in [0, 0.05) is 10.3 Å². The number of benzene rings is 1. The number of thiophene rings is 2. The topological polar surface area (TPSA) is 54.4 Å². The minimum atomic E-state index is -0.247. The van der Waals surface area contributed by atoms with Crippen LogP contribution in [-0.2, 0) is 0 Å². The van der Waals surface area contributed by atoms with Gasteiger partial charge in [0.15, 0.2) is 0 Å². The van der Waals surface area contributed by atoms with Crippen molar-refractivity contribution >= 4 is 61.1 Å². The second-order valence-corrected chi connectivity index (χ2v) is 9.98. The lowest BCUT2D eigenvalue weighted by molar-refractivity contribution is 0.0956. The normalized spacial score (nSPS) is 11.8. The number of nitrogens with one attached hydrogen (secondary N) is 1. The molecule has 28 heavy (non-hydrogen) atoms. The molecule has 0 aliphatic rings. The van der Waals surface area contributed by atoms with E-state index in [9.17, 15) is 4.79 Å². The average Bonchev–Trinajstić information content (AvgIpc) is 3.33. The Balaban J connectivity index is 1.71. The molecule has 0 atom stereocenters. The zero-order chi connectivity index (χ0) is 19.7. The monoisotopic (exact) mass is 469 g/mol. The molecule has 4 nitrogen and oxygen atoms in total. The Morgan fingerprint density at radius 1 is 1.11 bits per heavy atom. The summed E-state index contributed by atoms with van der Waals surface area (Å²) < 4.78 is 1.03. The Bertz CT molecular complexity index is 1210. The molecule has 4 aromatic rings. The van der Waals surface area contributed by atoms with Gasteiger partial charge in [0.2, 0.25) is 0 Å². The van der Waals surface area contributed by atoms with Gasteiger partial charge in [-0.05, 0) is 66.2 Å². The van der Waals surface area contributed by atoms with Crippen LogP contribution in [0.2, 0.25) is 0 Å². The van der Waals surface area contributed by atoms with Crippen LogP contribution in [0.15, 0.2) is 63.5 Å². The van der Waals surface area contributed by atoms with Gasteiger partial charge in [-0.15, -0.1) is 22.7 Å². The fourth-order valence-corrected chi connectivity index (χ4v) is 4.98. The van der Waals surface area contributed by atoms with Gasteiger partial charge in [0.05, 0.1) is 36.0 Å². The molecule has 3 heterocycles. The third-order valence-electron chi connectivity index (χ3n) is 4.21. The highest BCUT2D eigenvalue weighted by atomic mass is 79.9. The molecule has 0 fully saturated rings. The molecule has 7 heteroatoms. The average molecular weight is 470 g/mol. The van der Waals surface area contributed by atoms with Crippen molar-refractivity contribution in [2.24, 2.45) is 5.10 Å². The second-order valence-electron chi connectivity index (χ2n) is 6.22. The third kappa shape index (κ3) is 3.92. The SMILES string of the molecule is C/C(=N\NC(=O)c1cc(-c2ccc(C)s2)nc2ccccc12)c1ccc(Br)s1. The summed E-state index contributed by atoms with van der Waals surface area (Å²) in [7, 11) is 0. The predicted octanol–water partition coefficient (Wildman–Crippen LogP) is 6.25. The highest BCUT2D eigenvalue weighted by Gasteiger charge is 2.14. The summed E-state index contributed by atoms with van der Waals surface area (Å²) in [6, 6.07) is 17.5. The van der Waals surface area contributed by atoms with Crippen molar-refractivity contribution in [1.82, 2.24) is 10.4 Å². The van der Waals surface area contributed by atoms with Gasteiger partial charge in [-0.1, -0.05) is 18.2 Å². The lowest BCUT2D eigenvalue weighted by Gasteiger charge is -2.08. The number of fused-ring (bicyclic) bond motifs is 1.